The molecule has 0 aliphatic heterocycles. The van der Waals surface area contributed by atoms with Crippen molar-refractivity contribution in [2.45, 2.75) is 4.90 Å². The predicted octanol–water partition coefficient (Wildman–Crippen LogP) is 0.642. The third kappa shape index (κ3) is 4.74. The maximum Gasteiger partial charge on any atom is 0.373 e. The molecule has 0 saturated heterocycles. The topological polar surface area (TPSA) is 113 Å². The van der Waals surface area contributed by atoms with Gasteiger partial charge in [-0.25, -0.2) is 12.7 Å². The standard InChI is InChI=1S/C12H14N4O2S.CO2/c1-16(2)19(17,18)12-7-4-10(5-8-12)3-6-11-9-13-15-14-11;2-1-3/h3-9H,1-2H3,(H,13,14,15);. The van der Waals surface area contributed by atoms with Crippen LogP contribution in [0.2, 0.25) is 0 Å². The Morgan fingerprint density at radius 2 is 1.73 bits per heavy atom. The van der Waals surface area contributed by atoms with E-state index in [2.05, 4.69) is 15.4 Å². The van der Waals surface area contributed by atoms with Crippen molar-refractivity contribution >= 4 is 28.3 Å². The maximum atomic E-state index is 11.9. The number of carbonyl (C=O) groups excluding carboxylic acids is 2. The second kappa shape index (κ2) is 7.99. The van der Waals surface area contributed by atoms with E-state index in [0.717, 1.165) is 5.56 Å². The minimum absolute atomic E-state index is 0.250. The van der Waals surface area contributed by atoms with Crippen molar-refractivity contribution < 1.29 is 18.0 Å². The molecule has 8 nitrogen and oxygen atoms in total. The fourth-order valence-electron chi connectivity index (χ4n) is 1.43. The zero-order chi connectivity index (χ0) is 16.6. The average Bonchev–Trinajstić information content (AvgIpc) is 2.99. The predicted molar refractivity (Wildman–Crippen MR) is 77.6 cm³/mol. The van der Waals surface area contributed by atoms with Gasteiger partial charge >= 0.3 is 6.15 Å². The smallest absolute Gasteiger partial charge is 0.207 e. The van der Waals surface area contributed by atoms with Crippen molar-refractivity contribution in [3.63, 3.8) is 0 Å². The van der Waals surface area contributed by atoms with E-state index in [9.17, 15) is 8.42 Å². The Kier molecular flexibility index (Phi) is 6.33. The van der Waals surface area contributed by atoms with Crippen LogP contribution in [0.25, 0.3) is 12.2 Å². The summed E-state index contributed by atoms with van der Waals surface area (Å²) in [6.45, 7) is 0. The average molecular weight is 322 g/mol. The van der Waals surface area contributed by atoms with Crippen LogP contribution in [-0.4, -0.2) is 48.4 Å². The first-order valence-electron chi connectivity index (χ1n) is 5.97. The van der Waals surface area contributed by atoms with E-state index in [4.69, 9.17) is 9.59 Å². The molecule has 2 aromatic rings. The highest BCUT2D eigenvalue weighted by atomic mass is 32.2. The molecule has 1 N–H and O–H groups in total. The van der Waals surface area contributed by atoms with Crippen LogP contribution in [0.3, 0.4) is 0 Å². The first-order chi connectivity index (χ1) is 10.4. The molecule has 1 aromatic heterocycles. The van der Waals surface area contributed by atoms with Crippen LogP contribution in [0.4, 0.5) is 0 Å². The van der Waals surface area contributed by atoms with Gasteiger partial charge in [0.15, 0.2) is 0 Å². The highest BCUT2D eigenvalue weighted by molar-refractivity contribution is 7.89. The molecule has 116 valence electrons. The van der Waals surface area contributed by atoms with Gasteiger partial charge in [-0.1, -0.05) is 18.2 Å². The van der Waals surface area contributed by atoms with E-state index >= 15 is 0 Å². The van der Waals surface area contributed by atoms with Crippen molar-refractivity contribution in [2.75, 3.05) is 14.1 Å². The molecule has 0 unspecified atom stereocenters. The summed E-state index contributed by atoms with van der Waals surface area (Å²) < 4.78 is 24.9. The van der Waals surface area contributed by atoms with Gasteiger partial charge in [-0.15, -0.1) is 0 Å². The van der Waals surface area contributed by atoms with Crippen LogP contribution in [0.5, 0.6) is 0 Å². The molecular formula is C13H14N4O4S. The van der Waals surface area contributed by atoms with E-state index < -0.39 is 10.0 Å². The van der Waals surface area contributed by atoms with Gasteiger partial charge in [0.25, 0.3) is 0 Å². The Morgan fingerprint density at radius 1 is 1.14 bits per heavy atom. The number of sulfonamides is 1. The third-order valence-electron chi connectivity index (χ3n) is 2.54. The van der Waals surface area contributed by atoms with Gasteiger partial charge in [-0.05, 0) is 23.8 Å². The molecule has 0 fully saturated rings. The molecular weight excluding hydrogens is 308 g/mol. The first kappa shape index (κ1) is 17.4. The van der Waals surface area contributed by atoms with Gasteiger partial charge in [0.1, 0.15) is 5.69 Å². The van der Waals surface area contributed by atoms with Gasteiger partial charge in [0.2, 0.25) is 10.0 Å². The minimum Gasteiger partial charge on any atom is -0.207 e. The van der Waals surface area contributed by atoms with Crippen molar-refractivity contribution in [3.05, 3.63) is 41.7 Å². The summed E-state index contributed by atoms with van der Waals surface area (Å²) in [5.74, 6) is 0. The van der Waals surface area contributed by atoms with Gasteiger partial charge in [0.05, 0.1) is 11.1 Å². The summed E-state index contributed by atoms with van der Waals surface area (Å²) in [5.41, 5.74) is 1.60. The number of rotatable bonds is 4. The van der Waals surface area contributed by atoms with Gasteiger partial charge in [-0.3, -0.25) is 0 Å². The summed E-state index contributed by atoms with van der Waals surface area (Å²) >= 11 is 0. The first-order valence-corrected chi connectivity index (χ1v) is 7.41. The zero-order valence-corrected chi connectivity index (χ0v) is 12.7. The second-order valence-corrected chi connectivity index (χ2v) is 6.32. The van der Waals surface area contributed by atoms with Crippen molar-refractivity contribution in [1.29, 1.82) is 0 Å². The highest BCUT2D eigenvalue weighted by Crippen LogP contribution is 2.15. The zero-order valence-electron chi connectivity index (χ0n) is 11.9. The summed E-state index contributed by atoms with van der Waals surface area (Å²) in [4.78, 5) is 16.5. The van der Waals surface area contributed by atoms with Crippen molar-refractivity contribution in [1.82, 2.24) is 19.7 Å². The van der Waals surface area contributed by atoms with Crippen LogP contribution < -0.4 is 0 Å². The molecule has 0 aliphatic carbocycles. The molecule has 0 spiro atoms. The normalized spacial score (nSPS) is 11.0. The Hall–Kier alpha value is -2.61. The van der Waals surface area contributed by atoms with Crippen LogP contribution >= 0.6 is 0 Å². The van der Waals surface area contributed by atoms with Crippen LogP contribution in [0, 0.1) is 0 Å². The monoisotopic (exact) mass is 322 g/mol. The SMILES string of the molecule is CN(C)S(=O)(=O)c1ccc(C=Cc2cn[nH]n2)cc1.O=C=O. The summed E-state index contributed by atoms with van der Waals surface area (Å²) in [6.07, 6.45) is 5.48. The minimum atomic E-state index is -3.37. The van der Waals surface area contributed by atoms with E-state index in [-0.39, 0.29) is 11.0 Å². The van der Waals surface area contributed by atoms with Crippen LogP contribution in [0.15, 0.2) is 35.4 Å². The number of aromatic amines is 1. The summed E-state index contributed by atoms with van der Waals surface area (Å²) in [7, 11) is -0.355. The van der Waals surface area contributed by atoms with Crippen LogP contribution in [0.1, 0.15) is 11.3 Å². The fraction of sp³-hybridized carbons (Fsp3) is 0.154. The van der Waals surface area contributed by atoms with E-state index in [0.29, 0.717) is 5.69 Å². The summed E-state index contributed by atoms with van der Waals surface area (Å²) in [5, 5.41) is 10.1. The Morgan fingerprint density at radius 3 is 2.18 bits per heavy atom. The number of nitrogens with zero attached hydrogens (tertiary/aromatic N) is 3. The lowest BCUT2D eigenvalue weighted by Gasteiger charge is -2.10. The number of hydrogen-bond acceptors (Lipinski definition) is 6. The molecule has 22 heavy (non-hydrogen) atoms. The number of hydrogen-bond donors (Lipinski definition) is 1. The number of benzene rings is 1. The third-order valence-corrected chi connectivity index (χ3v) is 4.37. The largest absolute Gasteiger partial charge is 0.373 e. The van der Waals surface area contributed by atoms with Gasteiger partial charge < -0.3 is 0 Å². The molecule has 1 heterocycles. The molecule has 2 rings (SSSR count). The van der Waals surface area contributed by atoms with Crippen molar-refractivity contribution in [3.8, 4) is 0 Å². The summed E-state index contributed by atoms with van der Waals surface area (Å²) in [6, 6.07) is 6.65. The number of nitrogens with one attached hydrogen (secondary N) is 1. The molecule has 0 radical (unpaired) electrons. The lowest BCUT2D eigenvalue weighted by atomic mass is 10.2. The highest BCUT2D eigenvalue weighted by Gasteiger charge is 2.16. The van der Waals surface area contributed by atoms with E-state index in [1.54, 1.807) is 36.5 Å². The maximum absolute atomic E-state index is 11.9. The fourth-order valence-corrected chi connectivity index (χ4v) is 2.34. The molecule has 0 amide bonds. The van der Waals surface area contributed by atoms with E-state index in [1.165, 1.54) is 18.4 Å². The van der Waals surface area contributed by atoms with E-state index in [1.807, 2.05) is 6.08 Å². The molecule has 1 aromatic carbocycles. The van der Waals surface area contributed by atoms with Gasteiger partial charge in [0, 0.05) is 14.1 Å². The Balaban J connectivity index is 0.000000745. The molecule has 0 atom stereocenters. The number of H-pyrrole nitrogens is 1. The second-order valence-electron chi connectivity index (χ2n) is 4.17. The van der Waals surface area contributed by atoms with Crippen LogP contribution in [-0.2, 0) is 19.6 Å². The lowest BCUT2D eigenvalue weighted by molar-refractivity contribution is -0.191. The van der Waals surface area contributed by atoms with Crippen molar-refractivity contribution in [2.24, 2.45) is 0 Å². The Labute approximate surface area is 127 Å². The molecule has 0 aliphatic rings. The number of aromatic nitrogens is 3. The Bertz CT molecular complexity index is 744. The molecule has 9 heteroatoms. The van der Waals surface area contributed by atoms with Gasteiger partial charge in [-0.2, -0.15) is 25.0 Å². The molecule has 0 saturated carbocycles. The lowest BCUT2D eigenvalue weighted by Crippen LogP contribution is -2.22. The quantitative estimate of drug-likeness (QED) is 0.884. The molecule has 0 bridgehead atoms.